The van der Waals surface area contributed by atoms with Gasteiger partial charge in [-0.15, -0.1) is 11.3 Å². The first-order valence-corrected chi connectivity index (χ1v) is 15.6. The van der Waals surface area contributed by atoms with Gasteiger partial charge in [0.25, 0.3) is 0 Å². The van der Waals surface area contributed by atoms with Crippen molar-refractivity contribution < 1.29 is 0 Å². The molecule has 1 aromatic heterocycles. The predicted molar refractivity (Wildman–Crippen MR) is 188 cm³/mol. The molecule has 0 radical (unpaired) electrons. The summed E-state index contributed by atoms with van der Waals surface area (Å²) in [6.07, 6.45) is 0. The third kappa shape index (κ3) is 3.82. The molecular formula is C42H26S. The van der Waals surface area contributed by atoms with Gasteiger partial charge in [-0.3, -0.25) is 0 Å². The number of thiophene rings is 1. The van der Waals surface area contributed by atoms with Gasteiger partial charge in [0.15, 0.2) is 0 Å². The summed E-state index contributed by atoms with van der Waals surface area (Å²) >= 11 is 1.88. The highest BCUT2D eigenvalue weighted by Gasteiger charge is 2.18. The van der Waals surface area contributed by atoms with Gasteiger partial charge in [-0.1, -0.05) is 133 Å². The SMILES string of the molecule is c1ccc(-c2c3ccccc3c(-c3cc(-c4ccc5c(c4)sc4ccccc45)c4ccccc4c3)c3ccccc23)cc1. The molecule has 43 heavy (non-hydrogen) atoms. The van der Waals surface area contributed by atoms with Gasteiger partial charge in [0.2, 0.25) is 0 Å². The molecule has 0 fully saturated rings. The molecule has 1 heteroatoms. The van der Waals surface area contributed by atoms with Crippen LogP contribution < -0.4 is 0 Å². The number of hydrogen-bond acceptors (Lipinski definition) is 1. The Labute approximate surface area is 254 Å². The van der Waals surface area contributed by atoms with Crippen molar-refractivity contribution in [1.29, 1.82) is 0 Å². The van der Waals surface area contributed by atoms with Gasteiger partial charge in [-0.2, -0.15) is 0 Å². The van der Waals surface area contributed by atoms with E-state index in [0.29, 0.717) is 0 Å². The molecule has 9 aromatic rings. The smallest absolute Gasteiger partial charge is 0.0361 e. The molecule has 0 aliphatic rings. The highest BCUT2D eigenvalue weighted by atomic mass is 32.1. The van der Waals surface area contributed by atoms with Crippen LogP contribution in [0.2, 0.25) is 0 Å². The molecule has 0 nitrogen and oxygen atoms in total. The number of rotatable bonds is 3. The Morgan fingerprint density at radius 1 is 0.302 bits per heavy atom. The minimum atomic E-state index is 1.25. The summed E-state index contributed by atoms with van der Waals surface area (Å²) in [5.74, 6) is 0. The van der Waals surface area contributed by atoms with Crippen LogP contribution in [0, 0.1) is 0 Å². The van der Waals surface area contributed by atoms with Crippen molar-refractivity contribution in [3.05, 3.63) is 158 Å². The van der Waals surface area contributed by atoms with Gasteiger partial charge in [0.1, 0.15) is 0 Å². The van der Waals surface area contributed by atoms with E-state index < -0.39 is 0 Å². The van der Waals surface area contributed by atoms with Crippen molar-refractivity contribution in [3.63, 3.8) is 0 Å². The molecule has 8 aromatic carbocycles. The van der Waals surface area contributed by atoms with Crippen LogP contribution in [0.25, 0.3) is 85.9 Å². The van der Waals surface area contributed by atoms with E-state index >= 15 is 0 Å². The van der Waals surface area contributed by atoms with E-state index in [1.54, 1.807) is 0 Å². The van der Waals surface area contributed by atoms with E-state index in [1.807, 2.05) is 11.3 Å². The van der Waals surface area contributed by atoms with Crippen molar-refractivity contribution in [2.45, 2.75) is 0 Å². The number of fused-ring (bicyclic) bond motifs is 6. The monoisotopic (exact) mass is 562 g/mol. The summed E-state index contributed by atoms with van der Waals surface area (Å²) in [4.78, 5) is 0. The largest absolute Gasteiger partial charge is 0.135 e. The number of benzene rings is 8. The Hall–Kier alpha value is -5.24. The molecule has 0 aliphatic heterocycles. The van der Waals surface area contributed by atoms with Gasteiger partial charge in [0.05, 0.1) is 0 Å². The first-order valence-electron chi connectivity index (χ1n) is 14.8. The molecule has 0 unspecified atom stereocenters. The fourth-order valence-corrected chi connectivity index (χ4v) is 8.09. The highest BCUT2D eigenvalue weighted by molar-refractivity contribution is 7.25. The van der Waals surface area contributed by atoms with Crippen molar-refractivity contribution in [2.75, 3.05) is 0 Å². The predicted octanol–water partition coefficient (Wildman–Crippen LogP) is 12.5. The second-order valence-electron chi connectivity index (χ2n) is 11.3. The van der Waals surface area contributed by atoms with Crippen molar-refractivity contribution in [1.82, 2.24) is 0 Å². The molecular weight excluding hydrogens is 537 g/mol. The van der Waals surface area contributed by atoms with Crippen LogP contribution in [0.1, 0.15) is 0 Å². The molecule has 0 spiro atoms. The van der Waals surface area contributed by atoms with Crippen molar-refractivity contribution >= 4 is 63.8 Å². The zero-order valence-electron chi connectivity index (χ0n) is 23.4. The topological polar surface area (TPSA) is 0 Å². The second-order valence-corrected chi connectivity index (χ2v) is 12.3. The molecule has 9 rings (SSSR count). The Balaban J connectivity index is 1.36. The molecule has 0 saturated heterocycles. The first kappa shape index (κ1) is 24.4. The molecule has 0 atom stereocenters. The molecule has 0 amide bonds. The maximum absolute atomic E-state index is 2.42. The maximum atomic E-state index is 2.42. The van der Waals surface area contributed by atoms with Crippen molar-refractivity contribution in [3.8, 4) is 33.4 Å². The lowest BCUT2D eigenvalue weighted by Crippen LogP contribution is -1.92. The fourth-order valence-electron chi connectivity index (χ4n) is 6.94. The minimum absolute atomic E-state index is 1.25. The molecule has 0 N–H and O–H groups in total. The van der Waals surface area contributed by atoms with Crippen LogP contribution in [-0.4, -0.2) is 0 Å². The van der Waals surface area contributed by atoms with Gasteiger partial charge in [-0.25, -0.2) is 0 Å². The van der Waals surface area contributed by atoms with E-state index in [9.17, 15) is 0 Å². The van der Waals surface area contributed by atoms with Crippen LogP contribution in [0.3, 0.4) is 0 Å². The molecule has 0 bridgehead atoms. The number of hydrogen-bond donors (Lipinski definition) is 0. The Morgan fingerprint density at radius 2 is 0.837 bits per heavy atom. The van der Waals surface area contributed by atoms with Crippen LogP contribution >= 0.6 is 11.3 Å². The normalized spacial score (nSPS) is 11.7. The van der Waals surface area contributed by atoms with Gasteiger partial charge in [0, 0.05) is 20.2 Å². The van der Waals surface area contributed by atoms with Crippen LogP contribution in [0.5, 0.6) is 0 Å². The van der Waals surface area contributed by atoms with Crippen LogP contribution in [0.15, 0.2) is 158 Å². The maximum Gasteiger partial charge on any atom is 0.0361 e. The van der Waals surface area contributed by atoms with Crippen LogP contribution in [-0.2, 0) is 0 Å². The van der Waals surface area contributed by atoms with Gasteiger partial charge in [-0.05, 0) is 90.0 Å². The lowest BCUT2D eigenvalue weighted by molar-refractivity contribution is 1.65. The summed E-state index contributed by atoms with van der Waals surface area (Å²) in [5.41, 5.74) is 7.61. The Kier molecular flexibility index (Phi) is 5.47. The highest BCUT2D eigenvalue weighted by Crippen LogP contribution is 2.46. The van der Waals surface area contributed by atoms with E-state index in [1.165, 1.54) is 85.9 Å². The lowest BCUT2D eigenvalue weighted by atomic mass is 9.84. The van der Waals surface area contributed by atoms with E-state index in [4.69, 9.17) is 0 Å². The minimum Gasteiger partial charge on any atom is -0.135 e. The summed E-state index contributed by atoms with van der Waals surface area (Å²) in [7, 11) is 0. The fraction of sp³-hybridized carbons (Fsp3) is 0. The molecule has 0 saturated carbocycles. The zero-order chi connectivity index (χ0) is 28.3. The molecule has 200 valence electrons. The van der Waals surface area contributed by atoms with Crippen molar-refractivity contribution in [2.24, 2.45) is 0 Å². The lowest BCUT2D eigenvalue weighted by Gasteiger charge is -2.19. The average molecular weight is 563 g/mol. The third-order valence-corrected chi connectivity index (χ3v) is 9.97. The van der Waals surface area contributed by atoms with Gasteiger partial charge < -0.3 is 0 Å². The van der Waals surface area contributed by atoms with E-state index in [-0.39, 0.29) is 0 Å². The third-order valence-electron chi connectivity index (χ3n) is 8.83. The molecule has 0 aliphatic carbocycles. The molecule has 1 heterocycles. The summed E-state index contributed by atoms with van der Waals surface area (Å²) < 4.78 is 2.67. The second kappa shape index (κ2) is 9.66. The Bertz CT molecular complexity index is 2440. The summed E-state index contributed by atoms with van der Waals surface area (Å²) in [6.45, 7) is 0. The summed E-state index contributed by atoms with van der Waals surface area (Å²) in [6, 6.07) is 58.0. The quantitative estimate of drug-likeness (QED) is 0.188. The Morgan fingerprint density at radius 3 is 1.53 bits per heavy atom. The van der Waals surface area contributed by atoms with E-state index in [0.717, 1.165) is 0 Å². The van der Waals surface area contributed by atoms with E-state index in [2.05, 4.69) is 158 Å². The average Bonchev–Trinajstić information content (AvgIpc) is 3.45. The van der Waals surface area contributed by atoms with Gasteiger partial charge >= 0.3 is 0 Å². The summed E-state index contributed by atoms with van der Waals surface area (Å²) in [5, 5.41) is 10.3. The zero-order valence-corrected chi connectivity index (χ0v) is 24.2. The standard InChI is InChI=1S/C42H26S/c1-2-12-27(13-3-1)41-34-17-6-8-19-36(34)42(37-20-9-7-18-35(37)41)30-24-28-14-4-5-15-31(28)38(25-30)29-22-23-33-32-16-10-11-21-39(32)43-40(33)26-29/h1-26H. The first-order chi connectivity index (χ1) is 21.3. The van der Waals surface area contributed by atoms with Crippen LogP contribution in [0.4, 0.5) is 0 Å².